The van der Waals surface area contributed by atoms with Gasteiger partial charge in [-0.25, -0.2) is 0 Å². The van der Waals surface area contributed by atoms with Gasteiger partial charge in [0.15, 0.2) is 0 Å². The van der Waals surface area contributed by atoms with Crippen LogP contribution in [-0.4, -0.2) is 197 Å². The van der Waals surface area contributed by atoms with Crippen LogP contribution in [0, 0.1) is 0 Å². The van der Waals surface area contributed by atoms with E-state index in [1.807, 2.05) is 0 Å². The zero-order valence-electron chi connectivity index (χ0n) is 30.6. The van der Waals surface area contributed by atoms with Crippen molar-refractivity contribution >= 4 is 5.97 Å². The molecule has 298 valence electrons. The fourth-order valence-electron chi connectivity index (χ4n) is 4.15. The molecule has 0 spiro atoms. The van der Waals surface area contributed by atoms with Gasteiger partial charge in [0, 0.05) is 0 Å². The van der Waals surface area contributed by atoms with Crippen LogP contribution in [-0.2, 0) is 71.1 Å². The molecule has 0 amide bonds. The highest BCUT2D eigenvalue weighted by atomic mass is 16.6. The molecule has 16 heteroatoms. The molecule has 0 atom stereocenters. The highest BCUT2D eigenvalue weighted by Crippen LogP contribution is 2.06. The van der Waals surface area contributed by atoms with E-state index >= 15 is 0 Å². The first-order chi connectivity index (χ1) is 24.8. The summed E-state index contributed by atoms with van der Waals surface area (Å²) >= 11 is 0. The molecule has 0 saturated carbocycles. The van der Waals surface area contributed by atoms with E-state index < -0.39 is 0 Å². The van der Waals surface area contributed by atoms with Crippen molar-refractivity contribution in [2.24, 2.45) is 0 Å². The number of hydrogen-bond acceptors (Lipinski definition) is 16. The number of rotatable bonds is 41. The van der Waals surface area contributed by atoms with Crippen LogP contribution in [0.15, 0.2) is 0 Å². The van der Waals surface area contributed by atoms with Crippen molar-refractivity contribution in [3.63, 3.8) is 0 Å². The zero-order chi connectivity index (χ0) is 35.7. The first-order valence-electron chi connectivity index (χ1n) is 18.2. The minimum absolute atomic E-state index is 0.251. The van der Waals surface area contributed by atoms with Crippen LogP contribution in [0.1, 0.15) is 26.2 Å². The summed E-state index contributed by atoms with van der Waals surface area (Å²) in [4.78, 5) is 11.2. The summed E-state index contributed by atoms with van der Waals surface area (Å²) < 4.78 is 76.2. The standard InChI is InChI=1S/C34H67NO15/c1-2-49-34(36)5-8-37-9-10-38-11-12-39-13-14-40-15-16-41-17-18-42-19-20-43-21-22-44-23-24-45-25-26-46-27-28-47-29-30-48-31-32-50-33-3-6-35-7-4-33/h33,35H,2-32H2,1H3. The van der Waals surface area contributed by atoms with E-state index in [0.717, 1.165) is 25.9 Å². The van der Waals surface area contributed by atoms with Crippen LogP contribution in [0.5, 0.6) is 0 Å². The Bertz CT molecular complexity index is 677. The van der Waals surface area contributed by atoms with Gasteiger partial charge in [-0.3, -0.25) is 4.79 Å². The molecule has 0 radical (unpaired) electrons. The molecule has 1 fully saturated rings. The predicted octanol–water partition coefficient (Wildman–Crippen LogP) is 0.907. The van der Waals surface area contributed by atoms with Crippen LogP contribution in [0.4, 0.5) is 0 Å². The Balaban J connectivity index is 1.60. The van der Waals surface area contributed by atoms with Gasteiger partial charge < -0.3 is 71.6 Å². The molecular formula is C34H67NO15. The van der Waals surface area contributed by atoms with Crippen LogP contribution >= 0.6 is 0 Å². The van der Waals surface area contributed by atoms with Crippen molar-refractivity contribution in [3.8, 4) is 0 Å². The summed E-state index contributed by atoms with van der Waals surface area (Å²) in [6.45, 7) is 16.8. The molecule has 0 unspecified atom stereocenters. The molecule has 50 heavy (non-hydrogen) atoms. The predicted molar refractivity (Wildman–Crippen MR) is 183 cm³/mol. The Morgan fingerprint density at radius 1 is 0.420 bits per heavy atom. The monoisotopic (exact) mass is 729 g/mol. The molecule has 0 aromatic rings. The lowest BCUT2D eigenvalue weighted by Gasteiger charge is -2.22. The molecule has 1 N–H and O–H groups in total. The van der Waals surface area contributed by atoms with E-state index in [9.17, 15) is 4.79 Å². The average Bonchev–Trinajstić information content (AvgIpc) is 3.13. The van der Waals surface area contributed by atoms with Crippen molar-refractivity contribution in [1.82, 2.24) is 5.32 Å². The number of piperidine rings is 1. The van der Waals surface area contributed by atoms with Crippen molar-refractivity contribution in [1.29, 1.82) is 0 Å². The Morgan fingerprint density at radius 2 is 0.680 bits per heavy atom. The number of esters is 1. The smallest absolute Gasteiger partial charge is 0.308 e. The molecule has 16 nitrogen and oxygen atoms in total. The van der Waals surface area contributed by atoms with E-state index in [2.05, 4.69) is 5.32 Å². The SMILES string of the molecule is CCOC(=O)CCOCCOCCOCCOCCOCCOCCOCCOCCOCCOCCOCCOCCOC1CCNCC1. The maximum Gasteiger partial charge on any atom is 0.308 e. The molecule has 0 aromatic heterocycles. The first-order valence-corrected chi connectivity index (χ1v) is 18.2. The van der Waals surface area contributed by atoms with Gasteiger partial charge in [0.2, 0.25) is 0 Å². The first kappa shape index (κ1) is 46.9. The third-order valence-corrected chi connectivity index (χ3v) is 6.72. The normalized spacial score (nSPS) is 13.7. The Labute approximate surface area is 299 Å². The lowest BCUT2D eigenvalue weighted by Crippen LogP contribution is -2.33. The second kappa shape index (κ2) is 40.7. The summed E-state index contributed by atoms with van der Waals surface area (Å²) in [7, 11) is 0. The van der Waals surface area contributed by atoms with Crippen LogP contribution in [0.2, 0.25) is 0 Å². The molecule has 1 saturated heterocycles. The topological polar surface area (TPSA) is 158 Å². The number of carbonyl (C=O) groups excluding carboxylic acids is 1. The van der Waals surface area contributed by atoms with Gasteiger partial charge in [-0.1, -0.05) is 0 Å². The lowest BCUT2D eigenvalue weighted by atomic mass is 10.1. The van der Waals surface area contributed by atoms with E-state index in [1.54, 1.807) is 6.92 Å². The number of ether oxygens (including phenoxy) is 14. The third-order valence-electron chi connectivity index (χ3n) is 6.72. The number of carbonyl (C=O) groups is 1. The van der Waals surface area contributed by atoms with Gasteiger partial charge in [0.05, 0.1) is 184 Å². The summed E-state index contributed by atoms with van der Waals surface area (Å²) in [5.41, 5.74) is 0. The van der Waals surface area contributed by atoms with Crippen molar-refractivity contribution in [2.75, 3.05) is 185 Å². The minimum Gasteiger partial charge on any atom is -0.466 e. The van der Waals surface area contributed by atoms with Crippen molar-refractivity contribution in [3.05, 3.63) is 0 Å². The Kier molecular flexibility index (Phi) is 38.2. The number of nitrogens with one attached hydrogen (secondary N) is 1. The molecule has 1 aliphatic rings. The van der Waals surface area contributed by atoms with Crippen molar-refractivity contribution in [2.45, 2.75) is 32.3 Å². The fourth-order valence-corrected chi connectivity index (χ4v) is 4.15. The second-order valence-corrected chi connectivity index (χ2v) is 10.7. The maximum atomic E-state index is 11.2. The molecule has 1 rings (SSSR count). The van der Waals surface area contributed by atoms with E-state index in [-0.39, 0.29) is 12.4 Å². The molecular weight excluding hydrogens is 662 g/mol. The quantitative estimate of drug-likeness (QED) is 0.0699. The van der Waals surface area contributed by atoms with E-state index in [1.165, 1.54) is 0 Å². The molecule has 1 aliphatic heterocycles. The van der Waals surface area contributed by atoms with Crippen LogP contribution in [0.3, 0.4) is 0 Å². The summed E-state index contributed by atoms with van der Waals surface area (Å²) in [6.07, 6.45) is 2.78. The summed E-state index contributed by atoms with van der Waals surface area (Å²) in [5, 5.41) is 3.33. The van der Waals surface area contributed by atoms with E-state index in [4.69, 9.17) is 66.3 Å². The molecule has 0 bridgehead atoms. The van der Waals surface area contributed by atoms with Gasteiger partial charge in [0.1, 0.15) is 0 Å². The van der Waals surface area contributed by atoms with Gasteiger partial charge in [-0.05, 0) is 32.9 Å². The van der Waals surface area contributed by atoms with Gasteiger partial charge in [-0.2, -0.15) is 0 Å². The van der Waals surface area contributed by atoms with Gasteiger partial charge in [0.25, 0.3) is 0 Å². The second-order valence-electron chi connectivity index (χ2n) is 10.7. The largest absolute Gasteiger partial charge is 0.466 e. The number of hydrogen-bond donors (Lipinski definition) is 1. The molecule has 0 aliphatic carbocycles. The summed E-state index contributed by atoms with van der Waals surface area (Å²) in [5.74, 6) is -0.251. The average molecular weight is 730 g/mol. The van der Waals surface area contributed by atoms with Crippen LogP contribution in [0.25, 0.3) is 0 Å². The Morgan fingerprint density at radius 3 is 0.960 bits per heavy atom. The third kappa shape index (κ3) is 36.7. The molecule has 0 aromatic carbocycles. The summed E-state index contributed by atoms with van der Waals surface area (Å²) in [6, 6.07) is 0. The Hall–Kier alpha value is -1.09. The maximum absolute atomic E-state index is 11.2. The van der Waals surface area contributed by atoms with E-state index in [0.29, 0.717) is 178 Å². The lowest BCUT2D eigenvalue weighted by molar-refractivity contribution is -0.144. The van der Waals surface area contributed by atoms with Crippen LogP contribution < -0.4 is 5.32 Å². The minimum atomic E-state index is -0.251. The molecule has 1 heterocycles. The zero-order valence-corrected chi connectivity index (χ0v) is 30.6. The highest BCUT2D eigenvalue weighted by molar-refractivity contribution is 5.69. The fraction of sp³-hybridized carbons (Fsp3) is 0.971. The van der Waals surface area contributed by atoms with Gasteiger partial charge in [-0.15, -0.1) is 0 Å². The van der Waals surface area contributed by atoms with Gasteiger partial charge >= 0.3 is 5.97 Å². The highest BCUT2D eigenvalue weighted by Gasteiger charge is 2.12. The van der Waals surface area contributed by atoms with Crippen molar-refractivity contribution < 1.29 is 71.1 Å².